The van der Waals surface area contributed by atoms with Gasteiger partial charge in [-0.2, -0.15) is 5.26 Å². The minimum atomic E-state index is -0.696. The fraction of sp³-hybridized carbons (Fsp3) is 0.733. The lowest BCUT2D eigenvalue weighted by Crippen LogP contribution is -2.52. The molecule has 1 fully saturated rings. The lowest BCUT2D eigenvalue weighted by atomic mass is 9.50. The van der Waals surface area contributed by atoms with E-state index in [-0.39, 0.29) is 22.7 Å². The van der Waals surface area contributed by atoms with Gasteiger partial charge in [0.25, 0.3) is 0 Å². The predicted octanol–water partition coefficient (Wildman–Crippen LogP) is 2.60. The normalized spacial score (nSPS) is 42.8. The van der Waals surface area contributed by atoms with Crippen molar-refractivity contribution >= 4 is 5.78 Å². The van der Waals surface area contributed by atoms with Crippen LogP contribution in [0.4, 0.5) is 0 Å². The highest BCUT2D eigenvalue weighted by Crippen LogP contribution is 2.56. The number of ketones is 1. The Labute approximate surface area is 108 Å². The summed E-state index contributed by atoms with van der Waals surface area (Å²) in [7, 11) is 0. The summed E-state index contributed by atoms with van der Waals surface area (Å²) >= 11 is 0. The molecule has 3 heteroatoms. The maximum atomic E-state index is 12.3. The topological polar surface area (TPSA) is 61.1 Å². The maximum Gasteiger partial charge on any atom is 0.178 e. The first kappa shape index (κ1) is 13.3. The molecule has 0 aromatic heterocycles. The van der Waals surface area contributed by atoms with Crippen molar-refractivity contribution in [1.29, 1.82) is 5.26 Å². The van der Waals surface area contributed by atoms with Crippen LogP contribution in [-0.4, -0.2) is 16.5 Å². The molecule has 98 valence electrons. The zero-order valence-electron chi connectivity index (χ0n) is 11.6. The number of rotatable bonds is 0. The second-order valence-corrected chi connectivity index (χ2v) is 6.99. The van der Waals surface area contributed by atoms with Crippen LogP contribution in [0.2, 0.25) is 0 Å². The van der Waals surface area contributed by atoms with Crippen LogP contribution in [0.5, 0.6) is 0 Å². The second-order valence-electron chi connectivity index (χ2n) is 6.99. The van der Waals surface area contributed by atoms with Gasteiger partial charge in [-0.25, -0.2) is 0 Å². The number of aliphatic hydroxyl groups is 1. The monoisotopic (exact) mass is 247 g/mol. The highest BCUT2D eigenvalue weighted by Gasteiger charge is 2.55. The highest BCUT2D eigenvalue weighted by molar-refractivity contribution is 6.04. The van der Waals surface area contributed by atoms with Gasteiger partial charge in [-0.15, -0.1) is 0 Å². The third-order valence-corrected chi connectivity index (χ3v) is 4.82. The summed E-state index contributed by atoms with van der Waals surface area (Å²) < 4.78 is 0. The van der Waals surface area contributed by atoms with Crippen molar-refractivity contribution in [3.05, 3.63) is 11.6 Å². The summed E-state index contributed by atoms with van der Waals surface area (Å²) in [6.45, 7) is 7.78. The smallest absolute Gasteiger partial charge is 0.178 e. The SMILES string of the molecule is CC1(C)C(=O)C(C#N)=C[C@]2(C)C[C@@](C)(O)CC[C@H]12. The lowest BCUT2D eigenvalue weighted by Gasteiger charge is -2.53. The van der Waals surface area contributed by atoms with Gasteiger partial charge in [0.2, 0.25) is 0 Å². The number of fused-ring (bicyclic) bond motifs is 1. The Morgan fingerprint density at radius 3 is 2.56 bits per heavy atom. The third kappa shape index (κ3) is 1.80. The quantitative estimate of drug-likeness (QED) is 0.715. The third-order valence-electron chi connectivity index (χ3n) is 4.82. The molecule has 0 saturated heterocycles. The molecule has 1 saturated carbocycles. The van der Waals surface area contributed by atoms with Crippen molar-refractivity contribution in [2.45, 2.75) is 52.6 Å². The molecule has 0 unspecified atom stereocenters. The number of hydrogen-bond acceptors (Lipinski definition) is 3. The van der Waals surface area contributed by atoms with E-state index in [1.807, 2.05) is 26.8 Å². The number of nitrogens with zero attached hydrogens (tertiary/aromatic N) is 1. The molecule has 0 heterocycles. The minimum Gasteiger partial charge on any atom is -0.390 e. The molecule has 2 aliphatic carbocycles. The van der Waals surface area contributed by atoms with Crippen LogP contribution >= 0.6 is 0 Å². The van der Waals surface area contributed by atoms with Crippen molar-refractivity contribution in [1.82, 2.24) is 0 Å². The van der Waals surface area contributed by atoms with Crippen molar-refractivity contribution in [2.24, 2.45) is 16.7 Å². The Morgan fingerprint density at radius 2 is 2.00 bits per heavy atom. The fourth-order valence-electron chi connectivity index (χ4n) is 4.14. The van der Waals surface area contributed by atoms with Crippen LogP contribution in [0, 0.1) is 28.1 Å². The molecule has 18 heavy (non-hydrogen) atoms. The van der Waals surface area contributed by atoms with Crippen molar-refractivity contribution in [3.8, 4) is 6.07 Å². The molecule has 0 amide bonds. The highest BCUT2D eigenvalue weighted by atomic mass is 16.3. The van der Waals surface area contributed by atoms with Crippen molar-refractivity contribution in [3.63, 3.8) is 0 Å². The van der Waals surface area contributed by atoms with Gasteiger partial charge in [0.15, 0.2) is 5.78 Å². The van der Waals surface area contributed by atoms with E-state index in [4.69, 9.17) is 5.26 Å². The Hall–Kier alpha value is -1.14. The minimum absolute atomic E-state index is 0.0472. The Kier molecular flexibility index (Phi) is 2.72. The summed E-state index contributed by atoms with van der Waals surface area (Å²) in [5, 5.41) is 19.4. The first-order chi connectivity index (χ1) is 8.12. The van der Waals surface area contributed by atoms with E-state index in [9.17, 15) is 9.90 Å². The summed E-state index contributed by atoms with van der Waals surface area (Å²) in [5.74, 6) is 0.156. The van der Waals surface area contributed by atoms with E-state index in [1.165, 1.54) is 0 Å². The van der Waals surface area contributed by atoms with Crippen LogP contribution in [0.25, 0.3) is 0 Å². The lowest BCUT2D eigenvalue weighted by molar-refractivity contribution is -0.136. The van der Waals surface area contributed by atoms with Crippen LogP contribution < -0.4 is 0 Å². The van der Waals surface area contributed by atoms with Gasteiger partial charge >= 0.3 is 0 Å². The van der Waals surface area contributed by atoms with E-state index in [0.717, 1.165) is 12.8 Å². The Balaban J connectivity index is 2.53. The standard InChI is InChI=1S/C15H21NO2/c1-13(2)11-5-6-15(4,18)9-14(11,3)7-10(8-16)12(13)17/h7,11,18H,5-6,9H2,1-4H3/t11-,14-,15+/m1/s1. The number of carbonyl (C=O) groups is 1. The molecular weight excluding hydrogens is 226 g/mol. The molecule has 2 rings (SSSR count). The zero-order chi connectivity index (χ0) is 13.8. The van der Waals surface area contributed by atoms with Gasteiger partial charge in [-0.05, 0) is 37.5 Å². The number of carbonyl (C=O) groups excluding carboxylic acids is 1. The average Bonchev–Trinajstić information content (AvgIpc) is 2.21. The number of nitriles is 1. The maximum absolute atomic E-state index is 12.3. The van der Waals surface area contributed by atoms with Crippen LogP contribution in [0.1, 0.15) is 47.0 Å². The van der Waals surface area contributed by atoms with Crippen molar-refractivity contribution in [2.75, 3.05) is 0 Å². The van der Waals surface area contributed by atoms with Gasteiger partial charge in [-0.1, -0.05) is 26.8 Å². The summed E-state index contributed by atoms with van der Waals surface area (Å²) in [5.41, 5.74) is -1.20. The molecule has 1 N–H and O–H groups in total. The molecular formula is C15H21NO2. The summed E-state index contributed by atoms with van der Waals surface area (Å²) in [6, 6.07) is 2.02. The van der Waals surface area contributed by atoms with E-state index in [1.54, 1.807) is 6.08 Å². The summed E-state index contributed by atoms with van der Waals surface area (Å²) in [4.78, 5) is 12.3. The fourth-order valence-corrected chi connectivity index (χ4v) is 4.14. The van der Waals surface area contributed by atoms with Gasteiger partial charge in [-0.3, -0.25) is 4.79 Å². The molecule has 0 spiro atoms. The van der Waals surface area contributed by atoms with Gasteiger partial charge < -0.3 is 5.11 Å². The van der Waals surface area contributed by atoms with E-state index in [0.29, 0.717) is 6.42 Å². The van der Waals surface area contributed by atoms with Crippen molar-refractivity contribution < 1.29 is 9.90 Å². The molecule has 0 radical (unpaired) electrons. The molecule has 2 aliphatic rings. The second kappa shape index (κ2) is 3.68. The first-order valence-electron chi connectivity index (χ1n) is 6.52. The average molecular weight is 247 g/mol. The number of hydrogen-bond donors (Lipinski definition) is 1. The Morgan fingerprint density at radius 1 is 1.39 bits per heavy atom. The predicted molar refractivity (Wildman–Crippen MR) is 68.6 cm³/mol. The molecule has 0 bridgehead atoms. The first-order valence-corrected chi connectivity index (χ1v) is 6.52. The number of Topliss-reactive ketones (excluding diaryl/α,β-unsaturated/α-hetero) is 1. The van der Waals surface area contributed by atoms with Crippen LogP contribution in [-0.2, 0) is 4.79 Å². The van der Waals surface area contributed by atoms with Crippen LogP contribution in [0.15, 0.2) is 11.6 Å². The van der Waals surface area contributed by atoms with Gasteiger partial charge in [0.05, 0.1) is 11.2 Å². The van der Waals surface area contributed by atoms with E-state index in [2.05, 4.69) is 6.92 Å². The van der Waals surface area contributed by atoms with Gasteiger partial charge in [0.1, 0.15) is 6.07 Å². The summed E-state index contributed by atoms with van der Waals surface area (Å²) in [6.07, 6.45) is 3.97. The zero-order valence-corrected chi connectivity index (χ0v) is 11.6. The van der Waals surface area contributed by atoms with Gasteiger partial charge in [0, 0.05) is 5.41 Å². The molecule has 3 nitrogen and oxygen atoms in total. The molecule has 0 aromatic rings. The molecule has 0 aliphatic heterocycles. The van der Waals surface area contributed by atoms with Crippen LogP contribution in [0.3, 0.4) is 0 Å². The molecule has 0 aromatic carbocycles. The van der Waals surface area contributed by atoms with E-state index >= 15 is 0 Å². The largest absolute Gasteiger partial charge is 0.390 e. The Bertz CT molecular complexity index is 467. The van der Waals surface area contributed by atoms with E-state index < -0.39 is 11.0 Å². The number of allylic oxidation sites excluding steroid dienone is 2. The molecule has 3 atom stereocenters.